The van der Waals surface area contributed by atoms with Crippen molar-refractivity contribution < 1.29 is 4.79 Å². The second kappa shape index (κ2) is 7.44. The van der Waals surface area contributed by atoms with Gasteiger partial charge in [0.1, 0.15) is 0 Å². The van der Waals surface area contributed by atoms with Crippen LogP contribution in [0.2, 0.25) is 0 Å². The van der Waals surface area contributed by atoms with E-state index in [0.717, 1.165) is 11.1 Å². The third-order valence-corrected chi connectivity index (χ3v) is 4.63. The largest absolute Gasteiger partial charge is 0.323 e. The molecule has 6 heteroatoms. The van der Waals surface area contributed by atoms with Gasteiger partial charge in [0.05, 0.1) is 17.4 Å². The van der Waals surface area contributed by atoms with Crippen molar-refractivity contribution in [2.75, 3.05) is 10.6 Å². The summed E-state index contributed by atoms with van der Waals surface area (Å²) in [7, 11) is 1.75. The smallest absolute Gasteiger partial charge is 0.308 e. The summed E-state index contributed by atoms with van der Waals surface area (Å²) >= 11 is 0. The number of carbonyl (C=O) groups excluding carboxylic acids is 1. The number of rotatable bonds is 4. The highest BCUT2D eigenvalue weighted by molar-refractivity contribution is 6.00. The van der Waals surface area contributed by atoms with Gasteiger partial charge in [-0.25, -0.2) is 4.79 Å². The molecule has 140 valence electrons. The summed E-state index contributed by atoms with van der Waals surface area (Å²) in [4.78, 5) is 24.9. The number of para-hydroxylation sites is 1. The number of urea groups is 1. The van der Waals surface area contributed by atoms with Crippen molar-refractivity contribution in [3.63, 3.8) is 0 Å². The average molecular weight is 372 g/mol. The first kappa shape index (κ1) is 17.6. The van der Waals surface area contributed by atoms with Crippen LogP contribution in [-0.4, -0.2) is 15.4 Å². The third-order valence-electron chi connectivity index (χ3n) is 4.63. The van der Waals surface area contributed by atoms with Gasteiger partial charge in [0.2, 0.25) is 0 Å². The number of hydrogen-bond acceptors (Lipinski definition) is 2. The highest BCUT2D eigenvalue weighted by atomic mass is 16.2. The molecule has 0 aliphatic rings. The molecule has 3 aromatic carbocycles. The minimum Gasteiger partial charge on any atom is -0.308 e. The Morgan fingerprint density at radius 3 is 2.21 bits per heavy atom. The van der Waals surface area contributed by atoms with E-state index in [2.05, 4.69) is 10.6 Å². The van der Waals surface area contributed by atoms with Crippen LogP contribution >= 0.6 is 0 Å². The van der Waals surface area contributed by atoms with Gasteiger partial charge in [-0.05, 0) is 35.9 Å². The fourth-order valence-corrected chi connectivity index (χ4v) is 3.22. The Balaban J connectivity index is 1.60. The van der Waals surface area contributed by atoms with E-state index in [1.165, 1.54) is 0 Å². The number of benzene rings is 3. The molecule has 0 bridgehead atoms. The van der Waals surface area contributed by atoms with Gasteiger partial charge in [-0.1, -0.05) is 48.5 Å². The van der Waals surface area contributed by atoms with Gasteiger partial charge >= 0.3 is 6.03 Å². The van der Waals surface area contributed by atoms with Gasteiger partial charge in [-0.15, -0.1) is 0 Å². The van der Waals surface area contributed by atoms with E-state index in [-0.39, 0.29) is 11.6 Å². The van der Waals surface area contributed by atoms with Gasteiger partial charge in [-0.2, -0.15) is 0 Å². The van der Waals surface area contributed by atoms with Gasteiger partial charge in [0.25, 0.3) is 5.56 Å². The maximum absolute atomic E-state index is 12.7. The van der Waals surface area contributed by atoms with Crippen molar-refractivity contribution >= 4 is 28.3 Å². The maximum atomic E-state index is 12.7. The molecule has 0 saturated carbocycles. The number of carbonyl (C=O) groups is 1. The monoisotopic (exact) mass is 372 g/mol. The summed E-state index contributed by atoms with van der Waals surface area (Å²) in [6.07, 6.45) is 0. The molecule has 6 nitrogen and oxygen atoms in total. The van der Waals surface area contributed by atoms with Gasteiger partial charge in [0, 0.05) is 18.4 Å². The van der Waals surface area contributed by atoms with E-state index >= 15 is 0 Å². The van der Waals surface area contributed by atoms with Crippen LogP contribution in [0.15, 0.2) is 83.7 Å². The maximum Gasteiger partial charge on any atom is 0.323 e. The highest BCUT2D eigenvalue weighted by Gasteiger charge is 2.12. The van der Waals surface area contributed by atoms with Crippen molar-refractivity contribution in [3.8, 4) is 0 Å². The lowest BCUT2D eigenvalue weighted by atomic mass is 10.2. The van der Waals surface area contributed by atoms with Crippen LogP contribution in [0.3, 0.4) is 0 Å². The molecule has 1 heterocycles. The van der Waals surface area contributed by atoms with E-state index < -0.39 is 0 Å². The zero-order valence-electron chi connectivity index (χ0n) is 15.4. The number of amides is 2. The van der Waals surface area contributed by atoms with Gasteiger partial charge < -0.3 is 10.6 Å². The second-order valence-electron chi connectivity index (χ2n) is 6.55. The van der Waals surface area contributed by atoms with Crippen molar-refractivity contribution in [1.29, 1.82) is 0 Å². The molecule has 4 rings (SSSR count). The lowest BCUT2D eigenvalue weighted by molar-refractivity contribution is 0.262. The van der Waals surface area contributed by atoms with Crippen LogP contribution in [0.25, 0.3) is 10.9 Å². The topological polar surface area (TPSA) is 68.1 Å². The van der Waals surface area contributed by atoms with E-state index in [4.69, 9.17) is 0 Å². The summed E-state index contributed by atoms with van der Waals surface area (Å²) < 4.78 is 3.53. The van der Waals surface area contributed by atoms with Crippen LogP contribution in [0, 0.1) is 0 Å². The van der Waals surface area contributed by atoms with Crippen LogP contribution in [0.5, 0.6) is 0 Å². The summed E-state index contributed by atoms with van der Waals surface area (Å²) in [5, 5.41) is 6.11. The van der Waals surface area contributed by atoms with Crippen LogP contribution in [-0.2, 0) is 13.6 Å². The molecule has 0 unspecified atom stereocenters. The zero-order valence-corrected chi connectivity index (χ0v) is 15.4. The number of aromatic nitrogens is 2. The van der Waals surface area contributed by atoms with E-state index in [1.807, 2.05) is 71.4 Å². The normalized spacial score (nSPS) is 10.8. The molecular formula is C22H20N4O2. The van der Waals surface area contributed by atoms with E-state index in [0.29, 0.717) is 23.3 Å². The summed E-state index contributed by atoms with van der Waals surface area (Å²) in [6.45, 7) is 0.595. The van der Waals surface area contributed by atoms with Crippen LogP contribution < -0.4 is 16.2 Å². The highest BCUT2D eigenvalue weighted by Crippen LogP contribution is 2.19. The number of nitrogens with one attached hydrogen (secondary N) is 2. The number of anilines is 2. The zero-order chi connectivity index (χ0) is 19.5. The first-order chi connectivity index (χ1) is 13.6. The fourth-order valence-electron chi connectivity index (χ4n) is 3.22. The standard InChI is InChI=1S/C22H20N4O2/c1-25-21(27)19-14-18(24-22(28)23-17-10-6-3-7-11-17)12-13-20(19)26(25)15-16-8-4-2-5-9-16/h2-14H,15H2,1H3,(H2,23,24,28). The van der Waals surface area contributed by atoms with Crippen molar-refractivity contribution in [2.45, 2.75) is 6.54 Å². The second-order valence-corrected chi connectivity index (χ2v) is 6.55. The number of nitrogens with zero attached hydrogens (tertiary/aromatic N) is 2. The molecule has 2 amide bonds. The average Bonchev–Trinajstić information content (AvgIpc) is 2.94. The Hall–Kier alpha value is -3.80. The lowest BCUT2D eigenvalue weighted by Crippen LogP contribution is -2.20. The SMILES string of the molecule is Cn1c(=O)c2cc(NC(=O)Nc3ccccc3)ccc2n1Cc1ccccc1. The molecule has 1 aromatic heterocycles. The number of hydrogen-bond donors (Lipinski definition) is 2. The van der Waals surface area contributed by atoms with Crippen LogP contribution in [0.4, 0.5) is 16.2 Å². The Morgan fingerprint density at radius 2 is 1.50 bits per heavy atom. The molecule has 0 fully saturated rings. The van der Waals surface area contributed by atoms with Gasteiger partial charge in [0.15, 0.2) is 0 Å². The Bertz CT molecular complexity index is 1180. The summed E-state index contributed by atoms with van der Waals surface area (Å²) in [6, 6.07) is 24.2. The fraction of sp³-hybridized carbons (Fsp3) is 0.0909. The summed E-state index contributed by atoms with van der Waals surface area (Å²) in [5.41, 5.74) is 3.10. The lowest BCUT2D eigenvalue weighted by Gasteiger charge is -2.10. The Labute approximate surface area is 162 Å². The molecule has 0 saturated heterocycles. The van der Waals surface area contributed by atoms with E-state index in [1.54, 1.807) is 23.9 Å². The quantitative estimate of drug-likeness (QED) is 0.568. The number of fused-ring (bicyclic) bond motifs is 1. The Kier molecular flexibility index (Phi) is 4.68. The summed E-state index contributed by atoms with van der Waals surface area (Å²) in [5.74, 6) is 0. The minimum atomic E-state index is -0.355. The molecule has 0 spiro atoms. The molecule has 0 aliphatic carbocycles. The van der Waals surface area contributed by atoms with Crippen molar-refractivity contribution in [1.82, 2.24) is 9.36 Å². The van der Waals surface area contributed by atoms with Crippen molar-refractivity contribution in [3.05, 3.63) is 94.8 Å². The van der Waals surface area contributed by atoms with Gasteiger partial charge in [-0.3, -0.25) is 14.2 Å². The molecular weight excluding hydrogens is 352 g/mol. The molecule has 0 atom stereocenters. The van der Waals surface area contributed by atoms with E-state index in [9.17, 15) is 9.59 Å². The Morgan fingerprint density at radius 1 is 0.857 bits per heavy atom. The van der Waals surface area contributed by atoms with Crippen molar-refractivity contribution in [2.24, 2.45) is 7.05 Å². The molecule has 28 heavy (non-hydrogen) atoms. The molecule has 0 radical (unpaired) electrons. The van der Waals surface area contributed by atoms with Crippen LogP contribution in [0.1, 0.15) is 5.56 Å². The first-order valence-corrected chi connectivity index (χ1v) is 8.98. The first-order valence-electron chi connectivity index (χ1n) is 8.98. The third kappa shape index (κ3) is 3.53. The predicted molar refractivity (Wildman–Crippen MR) is 112 cm³/mol. The predicted octanol–water partition coefficient (Wildman–Crippen LogP) is 4.03. The molecule has 4 aromatic rings. The molecule has 2 N–H and O–H groups in total. The molecule has 0 aliphatic heterocycles. The minimum absolute atomic E-state index is 0.0990.